The minimum Gasteiger partial charge on any atom is -0.341 e. The van der Waals surface area contributed by atoms with Crippen LogP contribution in [0.25, 0.3) is 0 Å². The van der Waals surface area contributed by atoms with Crippen LogP contribution in [0.2, 0.25) is 0 Å². The standard InChI is InChI=1S/C6H12N4O2S2/c13-5-7-1-11-2-8-6(14)10-4-12-3-9-5/h1-4H2,(H2,7,9,13)(H2,8,10,14). The lowest BCUT2D eigenvalue weighted by Crippen LogP contribution is -2.43. The molecule has 6 nitrogen and oxygen atoms in total. The van der Waals surface area contributed by atoms with Crippen LogP contribution in [0.15, 0.2) is 0 Å². The van der Waals surface area contributed by atoms with Gasteiger partial charge in [-0.1, -0.05) is 0 Å². The third kappa shape index (κ3) is 5.12. The first-order chi connectivity index (χ1) is 6.79. The predicted molar refractivity (Wildman–Crippen MR) is 59.4 cm³/mol. The van der Waals surface area contributed by atoms with Crippen LogP contribution in [-0.4, -0.2) is 37.1 Å². The molecule has 1 heterocycles. The molecular weight excluding hydrogens is 224 g/mol. The van der Waals surface area contributed by atoms with Crippen LogP contribution in [0, 0.1) is 0 Å². The zero-order chi connectivity index (χ0) is 10.2. The van der Waals surface area contributed by atoms with Gasteiger partial charge in [0.25, 0.3) is 0 Å². The summed E-state index contributed by atoms with van der Waals surface area (Å²) in [5, 5.41) is 12.3. The van der Waals surface area contributed by atoms with Gasteiger partial charge in [0.15, 0.2) is 10.2 Å². The summed E-state index contributed by atoms with van der Waals surface area (Å²) in [4.78, 5) is 0. The minimum absolute atomic E-state index is 0.321. The topological polar surface area (TPSA) is 66.6 Å². The SMILES string of the molecule is S=C1NCOCNC(=S)NCOCN1. The maximum absolute atomic E-state index is 5.13. The van der Waals surface area contributed by atoms with Crippen molar-refractivity contribution < 1.29 is 9.47 Å². The molecule has 0 unspecified atom stereocenters. The Hall–Kier alpha value is -0.700. The first kappa shape index (κ1) is 11.4. The van der Waals surface area contributed by atoms with Crippen molar-refractivity contribution in [2.75, 3.05) is 26.9 Å². The summed E-state index contributed by atoms with van der Waals surface area (Å²) in [7, 11) is 0. The molecule has 0 aromatic rings. The first-order valence-electron chi connectivity index (χ1n) is 3.98. The van der Waals surface area contributed by atoms with E-state index in [-0.39, 0.29) is 0 Å². The summed E-state index contributed by atoms with van der Waals surface area (Å²) in [6.45, 7) is 1.28. The molecule has 0 amide bonds. The van der Waals surface area contributed by atoms with Gasteiger partial charge in [-0.3, -0.25) is 0 Å². The van der Waals surface area contributed by atoms with Crippen LogP contribution in [0.1, 0.15) is 0 Å². The fourth-order valence-corrected chi connectivity index (χ4v) is 0.929. The van der Waals surface area contributed by atoms with Gasteiger partial charge in [0, 0.05) is 0 Å². The molecule has 0 spiro atoms. The van der Waals surface area contributed by atoms with Crippen LogP contribution < -0.4 is 21.3 Å². The van der Waals surface area contributed by atoms with Gasteiger partial charge in [-0.15, -0.1) is 0 Å². The van der Waals surface area contributed by atoms with E-state index in [4.69, 9.17) is 33.9 Å². The van der Waals surface area contributed by atoms with Crippen LogP contribution in [0.3, 0.4) is 0 Å². The number of rotatable bonds is 0. The molecule has 1 rings (SSSR count). The van der Waals surface area contributed by atoms with Crippen molar-refractivity contribution in [2.45, 2.75) is 0 Å². The van der Waals surface area contributed by atoms with E-state index in [1.807, 2.05) is 0 Å². The Morgan fingerprint density at radius 3 is 1.29 bits per heavy atom. The van der Waals surface area contributed by atoms with Crippen LogP contribution >= 0.6 is 24.4 Å². The van der Waals surface area contributed by atoms with Gasteiger partial charge in [0.2, 0.25) is 0 Å². The van der Waals surface area contributed by atoms with Gasteiger partial charge in [0.1, 0.15) is 26.9 Å². The zero-order valence-corrected chi connectivity index (χ0v) is 9.09. The number of nitrogens with one attached hydrogen (secondary N) is 4. The predicted octanol–water partition coefficient (Wildman–Crippen LogP) is -1.21. The van der Waals surface area contributed by atoms with Crippen LogP contribution in [-0.2, 0) is 9.47 Å². The van der Waals surface area contributed by atoms with Crippen molar-refractivity contribution in [3.63, 3.8) is 0 Å². The lowest BCUT2D eigenvalue weighted by molar-refractivity contribution is 0.107. The summed E-state index contributed by atoms with van der Waals surface area (Å²) in [6, 6.07) is 0. The second-order valence-corrected chi connectivity index (χ2v) is 3.17. The molecule has 0 bridgehead atoms. The summed E-state index contributed by atoms with van der Waals surface area (Å²) in [6.07, 6.45) is 0. The number of ether oxygens (including phenoxy) is 2. The summed E-state index contributed by atoms with van der Waals surface area (Å²) in [5.74, 6) is 0. The molecule has 0 radical (unpaired) electrons. The highest BCUT2D eigenvalue weighted by molar-refractivity contribution is 7.80. The van der Waals surface area contributed by atoms with E-state index in [2.05, 4.69) is 21.3 Å². The van der Waals surface area contributed by atoms with Gasteiger partial charge in [-0.25, -0.2) is 0 Å². The molecular formula is C6H12N4O2S2. The van der Waals surface area contributed by atoms with E-state index < -0.39 is 0 Å². The fourth-order valence-electron chi connectivity index (χ4n) is 0.693. The second kappa shape index (κ2) is 6.71. The Bertz CT molecular complexity index is 176. The van der Waals surface area contributed by atoms with E-state index in [0.29, 0.717) is 37.1 Å². The van der Waals surface area contributed by atoms with Gasteiger partial charge in [-0.05, 0) is 24.4 Å². The number of thiocarbonyl (C=S) groups is 2. The molecule has 0 atom stereocenters. The molecule has 8 heteroatoms. The van der Waals surface area contributed by atoms with Crippen molar-refractivity contribution in [3.8, 4) is 0 Å². The van der Waals surface area contributed by atoms with E-state index in [1.165, 1.54) is 0 Å². The first-order valence-corrected chi connectivity index (χ1v) is 4.79. The second-order valence-electron chi connectivity index (χ2n) is 2.35. The number of hydrogen-bond donors (Lipinski definition) is 4. The maximum atomic E-state index is 5.13. The molecule has 1 aliphatic heterocycles. The van der Waals surface area contributed by atoms with Crippen molar-refractivity contribution in [1.82, 2.24) is 21.3 Å². The van der Waals surface area contributed by atoms with Gasteiger partial charge in [0.05, 0.1) is 0 Å². The fraction of sp³-hybridized carbons (Fsp3) is 0.667. The maximum Gasteiger partial charge on any atom is 0.169 e. The van der Waals surface area contributed by atoms with E-state index in [0.717, 1.165) is 0 Å². The van der Waals surface area contributed by atoms with E-state index in [1.54, 1.807) is 0 Å². The molecule has 80 valence electrons. The highest BCUT2D eigenvalue weighted by Crippen LogP contribution is 1.76. The monoisotopic (exact) mass is 236 g/mol. The molecule has 0 aromatic heterocycles. The van der Waals surface area contributed by atoms with Gasteiger partial charge in [-0.2, -0.15) is 0 Å². The molecule has 14 heavy (non-hydrogen) atoms. The Balaban J connectivity index is 2.26. The summed E-state index contributed by atoms with van der Waals surface area (Å²) < 4.78 is 10.3. The molecule has 0 aromatic carbocycles. The van der Waals surface area contributed by atoms with Crippen LogP contribution in [0.5, 0.6) is 0 Å². The molecule has 1 saturated heterocycles. The van der Waals surface area contributed by atoms with Crippen molar-refractivity contribution in [3.05, 3.63) is 0 Å². The Morgan fingerprint density at radius 2 is 1.00 bits per heavy atom. The largest absolute Gasteiger partial charge is 0.341 e. The van der Waals surface area contributed by atoms with E-state index in [9.17, 15) is 0 Å². The van der Waals surface area contributed by atoms with Crippen LogP contribution in [0.4, 0.5) is 0 Å². The van der Waals surface area contributed by atoms with Crippen molar-refractivity contribution >= 4 is 34.7 Å². The quantitative estimate of drug-likeness (QED) is 0.391. The molecule has 4 N–H and O–H groups in total. The average Bonchev–Trinajstić information content (AvgIpc) is 2.14. The smallest absolute Gasteiger partial charge is 0.169 e. The summed E-state index contributed by atoms with van der Waals surface area (Å²) in [5.41, 5.74) is 0. The van der Waals surface area contributed by atoms with Gasteiger partial charge >= 0.3 is 0 Å². The Morgan fingerprint density at radius 1 is 0.714 bits per heavy atom. The Labute approximate surface area is 92.7 Å². The zero-order valence-electron chi connectivity index (χ0n) is 7.46. The molecule has 1 aliphatic rings. The lowest BCUT2D eigenvalue weighted by Gasteiger charge is -2.15. The van der Waals surface area contributed by atoms with Gasteiger partial charge < -0.3 is 30.7 Å². The third-order valence-electron chi connectivity index (χ3n) is 1.34. The van der Waals surface area contributed by atoms with E-state index >= 15 is 0 Å². The number of hydrogen-bond acceptors (Lipinski definition) is 4. The minimum atomic E-state index is 0.321. The normalized spacial score (nSPS) is 20.3. The van der Waals surface area contributed by atoms with Crippen molar-refractivity contribution in [2.24, 2.45) is 0 Å². The Kier molecular flexibility index (Phi) is 5.45. The molecule has 0 aliphatic carbocycles. The van der Waals surface area contributed by atoms with Crippen molar-refractivity contribution in [1.29, 1.82) is 0 Å². The highest BCUT2D eigenvalue weighted by atomic mass is 32.1. The lowest BCUT2D eigenvalue weighted by atomic mass is 10.9. The molecule has 1 fully saturated rings. The third-order valence-corrected chi connectivity index (χ3v) is 1.92. The molecule has 0 saturated carbocycles. The average molecular weight is 236 g/mol. The summed E-state index contributed by atoms with van der Waals surface area (Å²) >= 11 is 9.82. The highest BCUT2D eigenvalue weighted by Gasteiger charge is 1.98.